The Balaban J connectivity index is 1.92. The van der Waals surface area contributed by atoms with Gasteiger partial charge in [-0.25, -0.2) is 9.97 Å². The number of para-hydroxylation sites is 1. The van der Waals surface area contributed by atoms with E-state index in [-0.39, 0.29) is 5.91 Å². The first-order chi connectivity index (χ1) is 11.2. The zero-order chi connectivity index (χ0) is 16.5. The van der Waals surface area contributed by atoms with Crippen LogP contribution in [0.2, 0.25) is 0 Å². The van der Waals surface area contributed by atoms with Crippen molar-refractivity contribution in [1.29, 1.82) is 0 Å². The molecule has 0 radical (unpaired) electrons. The molecule has 2 aromatic rings. The van der Waals surface area contributed by atoms with Gasteiger partial charge in [0.05, 0.1) is 7.11 Å². The molecule has 1 amide bonds. The average molecular weight is 314 g/mol. The molecule has 1 aromatic carbocycles. The fourth-order valence-electron chi connectivity index (χ4n) is 2.14. The number of hydrogen-bond donors (Lipinski definition) is 2. The summed E-state index contributed by atoms with van der Waals surface area (Å²) in [6, 6.07) is 9.56. The Kier molecular flexibility index (Phi) is 6.35. The smallest absolute Gasteiger partial charge is 0.270 e. The Bertz CT molecular complexity index is 646. The minimum atomic E-state index is -0.179. The third kappa shape index (κ3) is 4.95. The monoisotopic (exact) mass is 314 g/mol. The molecule has 0 saturated carbocycles. The number of rotatable bonds is 8. The SMILES string of the molecule is CCCNC(=O)c1cc(NCCc2ccccc2OC)ncn1. The van der Waals surface area contributed by atoms with Crippen molar-refractivity contribution in [1.82, 2.24) is 15.3 Å². The van der Waals surface area contributed by atoms with Gasteiger partial charge in [-0.1, -0.05) is 25.1 Å². The lowest BCUT2D eigenvalue weighted by Gasteiger charge is -2.10. The van der Waals surface area contributed by atoms with Gasteiger partial charge in [0.2, 0.25) is 0 Å². The number of carbonyl (C=O) groups is 1. The van der Waals surface area contributed by atoms with Gasteiger partial charge in [0.25, 0.3) is 5.91 Å². The van der Waals surface area contributed by atoms with E-state index in [0.717, 1.165) is 24.2 Å². The summed E-state index contributed by atoms with van der Waals surface area (Å²) in [6.07, 6.45) is 3.08. The molecule has 0 saturated heterocycles. The number of nitrogens with one attached hydrogen (secondary N) is 2. The molecule has 0 atom stereocenters. The maximum absolute atomic E-state index is 11.9. The predicted molar refractivity (Wildman–Crippen MR) is 89.8 cm³/mol. The van der Waals surface area contributed by atoms with Gasteiger partial charge in [0.1, 0.15) is 23.6 Å². The lowest BCUT2D eigenvalue weighted by Crippen LogP contribution is -2.25. The molecule has 0 unspecified atom stereocenters. The zero-order valence-electron chi connectivity index (χ0n) is 13.5. The van der Waals surface area contributed by atoms with Crippen LogP contribution in [0, 0.1) is 0 Å². The van der Waals surface area contributed by atoms with Gasteiger partial charge in [0, 0.05) is 19.2 Å². The Morgan fingerprint density at radius 1 is 1.22 bits per heavy atom. The molecule has 1 aromatic heterocycles. The minimum absolute atomic E-state index is 0.179. The van der Waals surface area contributed by atoms with Crippen molar-refractivity contribution in [3.8, 4) is 5.75 Å². The van der Waals surface area contributed by atoms with Crippen molar-refractivity contribution in [3.63, 3.8) is 0 Å². The molecule has 0 aliphatic rings. The van der Waals surface area contributed by atoms with Crippen molar-refractivity contribution in [2.24, 2.45) is 0 Å². The molecule has 0 aliphatic carbocycles. The van der Waals surface area contributed by atoms with E-state index in [1.165, 1.54) is 6.33 Å². The van der Waals surface area contributed by atoms with Crippen molar-refractivity contribution < 1.29 is 9.53 Å². The molecule has 0 spiro atoms. The largest absolute Gasteiger partial charge is 0.496 e. The van der Waals surface area contributed by atoms with E-state index >= 15 is 0 Å². The normalized spacial score (nSPS) is 10.2. The van der Waals surface area contributed by atoms with Crippen LogP contribution in [0.25, 0.3) is 0 Å². The lowest BCUT2D eigenvalue weighted by atomic mass is 10.1. The Labute approximate surface area is 136 Å². The van der Waals surface area contributed by atoms with E-state index in [2.05, 4.69) is 20.6 Å². The van der Waals surface area contributed by atoms with E-state index < -0.39 is 0 Å². The van der Waals surface area contributed by atoms with Crippen LogP contribution >= 0.6 is 0 Å². The van der Waals surface area contributed by atoms with E-state index in [4.69, 9.17) is 4.74 Å². The summed E-state index contributed by atoms with van der Waals surface area (Å²) in [7, 11) is 1.66. The van der Waals surface area contributed by atoms with Crippen LogP contribution in [-0.4, -0.2) is 36.1 Å². The second-order valence-electron chi connectivity index (χ2n) is 5.03. The number of anilines is 1. The fraction of sp³-hybridized carbons (Fsp3) is 0.353. The maximum atomic E-state index is 11.9. The molecule has 2 rings (SSSR count). The first-order valence-corrected chi connectivity index (χ1v) is 7.70. The van der Waals surface area contributed by atoms with E-state index in [1.807, 2.05) is 31.2 Å². The number of amides is 1. The lowest BCUT2D eigenvalue weighted by molar-refractivity contribution is 0.0948. The molecule has 6 nitrogen and oxygen atoms in total. The zero-order valence-corrected chi connectivity index (χ0v) is 13.5. The molecule has 23 heavy (non-hydrogen) atoms. The molecule has 6 heteroatoms. The maximum Gasteiger partial charge on any atom is 0.270 e. The number of methoxy groups -OCH3 is 1. The number of ether oxygens (including phenoxy) is 1. The number of nitrogens with zero attached hydrogens (tertiary/aromatic N) is 2. The summed E-state index contributed by atoms with van der Waals surface area (Å²) in [6.45, 7) is 3.33. The highest BCUT2D eigenvalue weighted by Gasteiger charge is 2.08. The summed E-state index contributed by atoms with van der Waals surface area (Å²) in [5.41, 5.74) is 1.49. The van der Waals surface area contributed by atoms with Crippen LogP contribution in [0.1, 0.15) is 29.4 Å². The second kappa shape index (κ2) is 8.73. The summed E-state index contributed by atoms with van der Waals surface area (Å²) >= 11 is 0. The van der Waals surface area contributed by atoms with E-state index in [9.17, 15) is 4.79 Å². The fourth-order valence-corrected chi connectivity index (χ4v) is 2.14. The number of hydrogen-bond acceptors (Lipinski definition) is 5. The summed E-state index contributed by atoms with van der Waals surface area (Å²) in [5, 5.41) is 6.01. The minimum Gasteiger partial charge on any atom is -0.496 e. The van der Waals surface area contributed by atoms with Crippen molar-refractivity contribution in [2.45, 2.75) is 19.8 Å². The van der Waals surface area contributed by atoms with Gasteiger partial charge in [-0.3, -0.25) is 4.79 Å². The Morgan fingerprint density at radius 3 is 2.83 bits per heavy atom. The molecule has 2 N–H and O–H groups in total. The summed E-state index contributed by atoms with van der Waals surface area (Å²) < 4.78 is 5.33. The molecule has 0 fully saturated rings. The van der Waals surface area contributed by atoms with Crippen LogP contribution in [0.5, 0.6) is 5.75 Å². The molecule has 0 aliphatic heterocycles. The number of carbonyl (C=O) groups excluding carboxylic acids is 1. The summed E-state index contributed by atoms with van der Waals surface area (Å²) in [4.78, 5) is 20.0. The van der Waals surface area contributed by atoms with Gasteiger partial charge in [-0.05, 0) is 24.5 Å². The van der Waals surface area contributed by atoms with E-state index in [0.29, 0.717) is 24.6 Å². The van der Waals surface area contributed by atoms with Crippen LogP contribution in [-0.2, 0) is 6.42 Å². The number of benzene rings is 1. The van der Waals surface area contributed by atoms with Crippen molar-refractivity contribution in [2.75, 3.05) is 25.5 Å². The third-order valence-electron chi connectivity index (χ3n) is 3.33. The highest BCUT2D eigenvalue weighted by molar-refractivity contribution is 5.92. The molecule has 0 bridgehead atoms. The molecular weight excluding hydrogens is 292 g/mol. The van der Waals surface area contributed by atoms with Crippen LogP contribution in [0.4, 0.5) is 5.82 Å². The van der Waals surface area contributed by atoms with Crippen LogP contribution in [0.15, 0.2) is 36.7 Å². The Hall–Kier alpha value is -2.63. The van der Waals surface area contributed by atoms with Crippen molar-refractivity contribution in [3.05, 3.63) is 47.9 Å². The predicted octanol–water partition coefficient (Wildman–Crippen LogP) is 2.28. The summed E-state index contributed by atoms with van der Waals surface area (Å²) in [5.74, 6) is 1.33. The first-order valence-electron chi connectivity index (χ1n) is 7.70. The van der Waals surface area contributed by atoms with Gasteiger partial charge in [-0.2, -0.15) is 0 Å². The van der Waals surface area contributed by atoms with Gasteiger partial charge in [-0.15, -0.1) is 0 Å². The highest BCUT2D eigenvalue weighted by Crippen LogP contribution is 2.17. The second-order valence-corrected chi connectivity index (χ2v) is 5.03. The van der Waals surface area contributed by atoms with Crippen LogP contribution < -0.4 is 15.4 Å². The van der Waals surface area contributed by atoms with Gasteiger partial charge < -0.3 is 15.4 Å². The highest BCUT2D eigenvalue weighted by atomic mass is 16.5. The third-order valence-corrected chi connectivity index (χ3v) is 3.33. The van der Waals surface area contributed by atoms with Gasteiger partial charge >= 0.3 is 0 Å². The van der Waals surface area contributed by atoms with E-state index in [1.54, 1.807) is 13.2 Å². The van der Waals surface area contributed by atoms with Gasteiger partial charge in [0.15, 0.2) is 0 Å². The average Bonchev–Trinajstić information content (AvgIpc) is 2.60. The number of aromatic nitrogens is 2. The molecule has 122 valence electrons. The molecular formula is C17H22N4O2. The standard InChI is InChI=1S/C17H22N4O2/c1-3-9-19-17(22)14-11-16(21-12-20-14)18-10-8-13-6-4-5-7-15(13)23-2/h4-7,11-12H,3,8-10H2,1-2H3,(H,19,22)(H,18,20,21). The quantitative estimate of drug-likeness (QED) is 0.782. The first kappa shape index (κ1) is 16.7. The Morgan fingerprint density at radius 2 is 2.04 bits per heavy atom. The molecule has 1 heterocycles. The van der Waals surface area contributed by atoms with Crippen LogP contribution in [0.3, 0.4) is 0 Å². The van der Waals surface area contributed by atoms with Crippen molar-refractivity contribution >= 4 is 11.7 Å². The topological polar surface area (TPSA) is 76.1 Å².